The van der Waals surface area contributed by atoms with Gasteiger partial charge in [0.25, 0.3) is 5.56 Å². The van der Waals surface area contributed by atoms with Crippen LogP contribution in [0.1, 0.15) is 43.4 Å². The predicted octanol–water partition coefficient (Wildman–Crippen LogP) is 1.60. The van der Waals surface area contributed by atoms with Crippen LogP contribution in [0.25, 0.3) is 5.82 Å². The summed E-state index contributed by atoms with van der Waals surface area (Å²) in [5.41, 5.74) is -0.0724. The molecule has 28 heavy (non-hydrogen) atoms. The molecule has 0 radical (unpaired) electrons. The van der Waals surface area contributed by atoms with Crippen LogP contribution < -0.4 is 5.56 Å². The van der Waals surface area contributed by atoms with Crippen molar-refractivity contribution in [3.05, 3.63) is 52.7 Å². The molecule has 3 aromatic rings. The van der Waals surface area contributed by atoms with E-state index in [4.69, 9.17) is 4.42 Å². The van der Waals surface area contributed by atoms with E-state index in [0.29, 0.717) is 36.6 Å². The van der Waals surface area contributed by atoms with Crippen LogP contribution in [-0.4, -0.2) is 47.7 Å². The molecule has 2 fully saturated rings. The lowest BCUT2D eigenvalue weighted by atomic mass is 9.97. The van der Waals surface area contributed by atoms with E-state index < -0.39 is 0 Å². The van der Waals surface area contributed by atoms with Crippen LogP contribution in [0.2, 0.25) is 0 Å². The quantitative estimate of drug-likeness (QED) is 0.640. The van der Waals surface area contributed by atoms with Crippen LogP contribution in [0.3, 0.4) is 0 Å². The van der Waals surface area contributed by atoms with Crippen LogP contribution in [0, 0.1) is 5.92 Å². The fourth-order valence-corrected chi connectivity index (χ4v) is 3.68. The molecule has 0 spiro atoms. The molecule has 0 unspecified atom stereocenters. The minimum atomic E-state index is -0.0724. The summed E-state index contributed by atoms with van der Waals surface area (Å²) in [5, 5.41) is 17.0. The zero-order chi connectivity index (χ0) is 18.9. The van der Waals surface area contributed by atoms with Crippen molar-refractivity contribution < 1.29 is 4.42 Å². The Morgan fingerprint density at radius 1 is 1.11 bits per heavy atom. The van der Waals surface area contributed by atoms with Crippen molar-refractivity contribution in [1.82, 2.24) is 34.7 Å². The zero-order valence-electron chi connectivity index (χ0n) is 15.6. The highest BCUT2D eigenvalue weighted by Gasteiger charge is 2.30. The monoisotopic (exact) mass is 381 g/mol. The number of hydrogen-bond donors (Lipinski definition) is 0. The molecule has 1 aliphatic heterocycles. The third-order valence-corrected chi connectivity index (χ3v) is 5.50. The molecule has 0 amide bonds. The first-order valence-electron chi connectivity index (χ1n) is 9.87. The van der Waals surface area contributed by atoms with Gasteiger partial charge in [0.05, 0.1) is 6.54 Å². The molecule has 1 aliphatic carbocycles. The Kier molecular flexibility index (Phi) is 4.52. The van der Waals surface area contributed by atoms with Gasteiger partial charge in [0, 0.05) is 30.9 Å². The molecular formula is C19H23N7O2. The Morgan fingerprint density at radius 3 is 2.71 bits per heavy atom. The molecule has 4 heterocycles. The maximum atomic E-state index is 12.2. The molecule has 0 N–H and O–H groups in total. The number of piperidine rings is 1. The smallest absolute Gasteiger partial charge is 0.266 e. The van der Waals surface area contributed by atoms with Crippen molar-refractivity contribution in [2.45, 2.75) is 44.7 Å². The summed E-state index contributed by atoms with van der Waals surface area (Å²) in [5.74, 6) is 3.09. The Labute approximate surface area is 162 Å². The van der Waals surface area contributed by atoms with E-state index in [2.05, 4.69) is 25.3 Å². The normalized spacial score (nSPS) is 18.6. The maximum absolute atomic E-state index is 12.2. The molecule has 0 bridgehead atoms. The molecule has 0 aromatic carbocycles. The van der Waals surface area contributed by atoms with E-state index >= 15 is 0 Å². The van der Waals surface area contributed by atoms with Crippen molar-refractivity contribution in [2.75, 3.05) is 13.1 Å². The summed E-state index contributed by atoms with van der Waals surface area (Å²) in [6, 6.07) is 5.10. The summed E-state index contributed by atoms with van der Waals surface area (Å²) in [6.45, 7) is 3.26. The lowest BCUT2D eigenvalue weighted by Crippen LogP contribution is -2.36. The average Bonchev–Trinajstić information content (AvgIpc) is 3.21. The Balaban J connectivity index is 1.18. The van der Waals surface area contributed by atoms with E-state index in [-0.39, 0.29) is 5.56 Å². The van der Waals surface area contributed by atoms with Crippen molar-refractivity contribution in [2.24, 2.45) is 5.92 Å². The van der Waals surface area contributed by atoms with E-state index in [1.54, 1.807) is 27.7 Å². The highest BCUT2D eigenvalue weighted by atomic mass is 16.4. The first-order chi connectivity index (χ1) is 13.7. The van der Waals surface area contributed by atoms with Crippen molar-refractivity contribution in [1.29, 1.82) is 0 Å². The van der Waals surface area contributed by atoms with Crippen LogP contribution in [0.4, 0.5) is 0 Å². The van der Waals surface area contributed by atoms with Gasteiger partial charge in [-0.25, -0.2) is 9.36 Å². The van der Waals surface area contributed by atoms with Gasteiger partial charge < -0.3 is 4.42 Å². The largest absolute Gasteiger partial charge is 0.424 e. The molecule has 2 aliphatic rings. The Bertz CT molecular complexity index is 982. The lowest BCUT2D eigenvalue weighted by molar-refractivity contribution is 0.151. The Hall–Kier alpha value is -2.81. The van der Waals surface area contributed by atoms with Gasteiger partial charge in [-0.05, 0) is 56.8 Å². The van der Waals surface area contributed by atoms with E-state index in [9.17, 15) is 4.79 Å². The SMILES string of the molecule is O=c1ccc(-n2cccn2)nn1CC1CCN(Cc2nnc(C3CC3)o2)CC1. The first-order valence-corrected chi connectivity index (χ1v) is 9.87. The van der Waals surface area contributed by atoms with Gasteiger partial charge in [-0.3, -0.25) is 9.69 Å². The third kappa shape index (κ3) is 3.75. The van der Waals surface area contributed by atoms with Gasteiger partial charge in [-0.1, -0.05) is 0 Å². The topological polar surface area (TPSA) is 94.9 Å². The number of aromatic nitrogens is 6. The van der Waals surface area contributed by atoms with Crippen LogP contribution in [0.5, 0.6) is 0 Å². The van der Waals surface area contributed by atoms with Crippen LogP contribution >= 0.6 is 0 Å². The first kappa shape index (κ1) is 17.3. The van der Waals surface area contributed by atoms with Crippen molar-refractivity contribution in [3.63, 3.8) is 0 Å². The standard InChI is InChI=1S/C19H23N7O2/c27-18-5-4-16(25-9-1-8-20-25)23-26(18)12-14-6-10-24(11-7-14)13-17-21-22-19(28-17)15-2-3-15/h1,4-5,8-9,14-15H,2-3,6-7,10-13H2. The number of likely N-dealkylation sites (tertiary alicyclic amines) is 1. The maximum Gasteiger partial charge on any atom is 0.266 e. The van der Waals surface area contributed by atoms with Crippen molar-refractivity contribution in [3.8, 4) is 5.82 Å². The summed E-state index contributed by atoms with van der Waals surface area (Å²) >= 11 is 0. The molecule has 1 saturated heterocycles. The zero-order valence-corrected chi connectivity index (χ0v) is 15.6. The van der Waals surface area contributed by atoms with E-state index in [1.165, 1.54) is 12.8 Å². The average molecular weight is 381 g/mol. The highest BCUT2D eigenvalue weighted by molar-refractivity contribution is 5.17. The summed E-state index contributed by atoms with van der Waals surface area (Å²) < 4.78 is 9.00. The number of nitrogens with zero attached hydrogens (tertiary/aromatic N) is 7. The van der Waals surface area contributed by atoms with Crippen LogP contribution in [0.15, 0.2) is 39.8 Å². The lowest BCUT2D eigenvalue weighted by Gasteiger charge is -2.30. The second-order valence-electron chi connectivity index (χ2n) is 7.69. The number of rotatable bonds is 6. The van der Waals surface area contributed by atoms with Gasteiger partial charge in [-0.2, -0.15) is 5.10 Å². The second kappa shape index (κ2) is 7.31. The Morgan fingerprint density at radius 2 is 1.96 bits per heavy atom. The highest BCUT2D eigenvalue weighted by Crippen LogP contribution is 2.39. The summed E-state index contributed by atoms with van der Waals surface area (Å²) in [6.07, 6.45) is 7.89. The fraction of sp³-hybridized carbons (Fsp3) is 0.526. The molecule has 9 heteroatoms. The molecule has 0 atom stereocenters. The van der Waals surface area contributed by atoms with E-state index in [1.807, 2.05) is 12.3 Å². The minimum absolute atomic E-state index is 0.0724. The van der Waals surface area contributed by atoms with Gasteiger partial charge in [0.1, 0.15) is 0 Å². The predicted molar refractivity (Wildman–Crippen MR) is 99.9 cm³/mol. The van der Waals surface area contributed by atoms with Gasteiger partial charge >= 0.3 is 0 Å². The second-order valence-corrected chi connectivity index (χ2v) is 7.69. The fourth-order valence-electron chi connectivity index (χ4n) is 3.68. The molecular weight excluding hydrogens is 358 g/mol. The van der Waals surface area contributed by atoms with Gasteiger partial charge in [-0.15, -0.1) is 15.3 Å². The van der Waals surface area contributed by atoms with Crippen LogP contribution in [-0.2, 0) is 13.1 Å². The summed E-state index contributed by atoms with van der Waals surface area (Å²) in [4.78, 5) is 14.6. The summed E-state index contributed by atoms with van der Waals surface area (Å²) in [7, 11) is 0. The van der Waals surface area contributed by atoms with Gasteiger partial charge in [0.2, 0.25) is 11.8 Å². The van der Waals surface area contributed by atoms with Crippen molar-refractivity contribution >= 4 is 0 Å². The molecule has 146 valence electrons. The third-order valence-electron chi connectivity index (χ3n) is 5.50. The van der Waals surface area contributed by atoms with E-state index in [0.717, 1.165) is 31.8 Å². The molecule has 5 rings (SSSR count). The van der Waals surface area contributed by atoms with Gasteiger partial charge in [0.15, 0.2) is 5.82 Å². The molecule has 3 aromatic heterocycles. The number of hydrogen-bond acceptors (Lipinski definition) is 7. The minimum Gasteiger partial charge on any atom is -0.424 e. The molecule has 1 saturated carbocycles. The molecule has 9 nitrogen and oxygen atoms in total.